The van der Waals surface area contributed by atoms with Gasteiger partial charge in [0.05, 0.1) is 27.8 Å². The zero-order chi connectivity index (χ0) is 14.0. The molecule has 0 saturated heterocycles. The lowest BCUT2D eigenvalue weighted by Gasteiger charge is -2.10. The van der Waals surface area contributed by atoms with Gasteiger partial charge in [0.25, 0.3) is 0 Å². The third-order valence-electron chi connectivity index (χ3n) is 2.27. The number of rotatable bonds is 3. The van der Waals surface area contributed by atoms with E-state index in [1.165, 1.54) is 11.3 Å². The maximum atomic E-state index is 12.4. The van der Waals surface area contributed by atoms with E-state index in [1.807, 2.05) is 12.3 Å². The molecule has 0 amide bonds. The third-order valence-corrected chi connectivity index (χ3v) is 3.38. The van der Waals surface area contributed by atoms with Crippen molar-refractivity contribution in [2.75, 3.05) is 5.32 Å². The van der Waals surface area contributed by atoms with Crippen LogP contribution in [0.5, 0.6) is 0 Å². The molecule has 102 valence electrons. The summed E-state index contributed by atoms with van der Waals surface area (Å²) in [6.45, 7) is 2.24. The molecule has 8 heteroatoms. The van der Waals surface area contributed by atoms with Gasteiger partial charge < -0.3 is 5.32 Å². The lowest BCUT2D eigenvalue weighted by atomic mass is 10.3. The second-order valence-corrected chi connectivity index (χ2v) is 5.23. The van der Waals surface area contributed by atoms with Gasteiger partial charge in [0.2, 0.25) is 0 Å². The summed E-state index contributed by atoms with van der Waals surface area (Å²) in [4.78, 5) is 7.90. The highest BCUT2D eigenvalue weighted by atomic mass is 35.5. The average Bonchev–Trinajstić information content (AvgIpc) is 2.72. The van der Waals surface area contributed by atoms with E-state index in [0.717, 1.165) is 23.0 Å². The Kier molecular flexibility index (Phi) is 3.96. The van der Waals surface area contributed by atoms with Gasteiger partial charge in [0.1, 0.15) is 5.82 Å². The number of aromatic nitrogens is 2. The lowest BCUT2D eigenvalue weighted by Crippen LogP contribution is -2.08. The number of hydrogen-bond acceptors (Lipinski definition) is 4. The van der Waals surface area contributed by atoms with Crippen molar-refractivity contribution in [3.05, 3.63) is 38.9 Å². The van der Waals surface area contributed by atoms with Crippen molar-refractivity contribution in [1.82, 2.24) is 9.97 Å². The fraction of sp³-hybridized carbons (Fsp3) is 0.273. The highest BCUT2D eigenvalue weighted by molar-refractivity contribution is 7.09. The Hall–Kier alpha value is -1.34. The zero-order valence-electron chi connectivity index (χ0n) is 9.75. The standard InChI is InChI=1S/C11H9ClF3N3S/c1-6-18-8(5-19-6)4-17-10-9(12)2-7(3-16-10)11(13,14)15/h2-3,5H,4H2,1H3,(H,16,17). The van der Waals surface area contributed by atoms with Gasteiger partial charge in [-0.1, -0.05) is 11.6 Å². The smallest absolute Gasteiger partial charge is 0.363 e. The average molecular weight is 308 g/mol. The van der Waals surface area contributed by atoms with E-state index in [9.17, 15) is 13.2 Å². The molecule has 0 aliphatic heterocycles. The molecule has 1 N–H and O–H groups in total. The minimum Gasteiger partial charge on any atom is -0.363 e. The van der Waals surface area contributed by atoms with Gasteiger partial charge in [0.15, 0.2) is 0 Å². The first-order valence-corrected chi connectivity index (χ1v) is 6.49. The molecule has 0 aliphatic carbocycles. The van der Waals surface area contributed by atoms with E-state index >= 15 is 0 Å². The fourth-order valence-electron chi connectivity index (χ4n) is 1.39. The van der Waals surface area contributed by atoms with Gasteiger partial charge in [0, 0.05) is 11.6 Å². The second kappa shape index (κ2) is 5.34. The molecule has 0 spiro atoms. The van der Waals surface area contributed by atoms with Gasteiger partial charge in [-0.25, -0.2) is 9.97 Å². The number of anilines is 1. The van der Waals surface area contributed by atoms with Crippen LogP contribution in [0.2, 0.25) is 5.02 Å². The normalized spacial score (nSPS) is 11.6. The molecule has 2 heterocycles. The number of aryl methyl sites for hydroxylation is 1. The van der Waals surface area contributed by atoms with Crippen LogP contribution in [0, 0.1) is 6.92 Å². The number of nitrogens with one attached hydrogen (secondary N) is 1. The molecule has 2 rings (SSSR count). The van der Waals surface area contributed by atoms with E-state index < -0.39 is 11.7 Å². The summed E-state index contributed by atoms with van der Waals surface area (Å²) in [5.74, 6) is 0.209. The summed E-state index contributed by atoms with van der Waals surface area (Å²) in [5, 5.41) is 5.57. The Morgan fingerprint density at radius 3 is 2.68 bits per heavy atom. The SMILES string of the molecule is Cc1nc(CNc2ncc(C(F)(F)F)cc2Cl)cs1. The number of thiazole rings is 1. The minimum atomic E-state index is -4.44. The molecule has 0 atom stereocenters. The lowest BCUT2D eigenvalue weighted by molar-refractivity contribution is -0.137. The predicted octanol–water partition coefficient (Wildman–Crippen LogP) is 4.13. The number of alkyl halides is 3. The van der Waals surface area contributed by atoms with Crippen LogP contribution in [0.1, 0.15) is 16.3 Å². The summed E-state index contributed by atoms with van der Waals surface area (Å²) in [6, 6.07) is 0.850. The molecule has 0 aromatic carbocycles. The molecule has 0 aliphatic rings. The molecular formula is C11H9ClF3N3S. The Balaban J connectivity index is 2.09. The van der Waals surface area contributed by atoms with E-state index in [0.29, 0.717) is 6.54 Å². The van der Waals surface area contributed by atoms with Gasteiger partial charge in [-0.3, -0.25) is 0 Å². The van der Waals surface area contributed by atoms with Crippen LogP contribution in [-0.2, 0) is 12.7 Å². The highest BCUT2D eigenvalue weighted by Crippen LogP contribution is 2.32. The Labute approximate surface area is 116 Å². The molecule has 0 unspecified atom stereocenters. The van der Waals surface area contributed by atoms with Gasteiger partial charge >= 0.3 is 6.18 Å². The minimum absolute atomic E-state index is 0.0678. The highest BCUT2D eigenvalue weighted by Gasteiger charge is 2.31. The first kappa shape index (κ1) is 14.1. The van der Waals surface area contributed by atoms with Crippen LogP contribution in [-0.4, -0.2) is 9.97 Å². The Morgan fingerprint density at radius 2 is 2.16 bits per heavy atom. The molecule has 2 aromatic heterocycles. The van der Waals surface area contributed by atoms with Gasteiger partial charge in [-0.2, -0.15) is 13.2 Å². The summed E-state index contributed by atoms with van der Waals surface area (Å²) < 4.78 is 37.3. The zero-order valence-corrected chi connectivity index (χ0v) is 11.3. The van der Waals surface area contributed by atoms with Crippen molar-refractivity contribution in [2.24, 2.45) is 0 Å². The molecule has 0 saturated carbocycles. The molecule has 2 aromatic rings. The number of hydrogen-bond donors (Lipinski definition) is 1. The molecule has 3 nitrogen and oxygen atoms in total. The van der Waals surface area contributed by atoms with Crippen LogP contribution < -0.4 is 5.32 Å². The Morgan fingerprint density at radius 1 is 1.42 bits per heavy atom. The van der Waals surface area contributed by atoms with Crippen LogP contribution >= 0.6 is 22.9 Å². The van der Waals surface area contributed by atoms with Gasteiger partial charge in [-0.05, 0) is 13.0 Å². The maximum absolute atomic E-state index is 12.4. The number of halogens is 4. The molecule has 0 fully saturated rings. The van der Waals surface area contributed by atoms with Crippen LogP contribution in [0.4, 0.5) is 19.0 Å². The summed E-state index contributed by atoms with van der Waals surface area (Å²) in [5.41, 5.74) is -0.0761. The fourth-order valence-corrected chi connectivity index (χ4v) is 2.23. The van der Waals surface area contributed by atoms with E-state index in [-0.39, 0.29) is 10.8 Å². The number of nitrogens with zero attached hydrogens (tertiary/aromatic N) is 2. The van der Waals surface area contributed by atoms with Crippen LogP contribution in [0.3, 0.4) is 0 Å². The van der Waals surface area contributed by atoms with E-state index in [1.54, 1.807) is 0 Å². The number of pyridine rings is 1. The molecular weight excluding hydrogens is 299 g/mol. The second-order valence-electron chi connectivity index (χ2n) is 3.76. The van der Waals surface area contributed by atoms with E-state index in [4.69, 9.17) is 11.6 Å². The first-order valence-electron chi connectivity index (χ1n) is 5.24. The largest absolute Gasteiger partial charge is 0.417 e. The summed E-state index contributed by atoms with van der Waals surface area (Å²) >= 11 is 7.26. The van der Waals surface area contributed by atoms with Crippen molar-refractivity contribution in [3.8, 4) is 0 Å². The predicted molar refractivity (Wildman–Crippen MR) is 68.4 cm³/mol. The van der Waals surface area contributed by atoms with Crippen molar-refractivity contribution in [1.29, 1.82) is 0 Å². The molecule has 0 radical (unpaired) electrons. The molecule has 0 bridgehead atoms. The topological polar surface area (TPSA) is 37.8 Å². The summed E-state index contributed by atoms with van der Waals surface area (Å²) in [6.07, 6.45) is -3.69. The summed E-state index contributed by atoms with van der Waals surface area (Å²) in [7, 11) is 0. The van der Waals surface area contributed by atoms with E-state index in [2.05, 4.69) is 15.3 Å². The van der Waals surface area contributed by atoms with Crippen molar-refractivity contribution in [3.63, 3.8) is 0 Å². The van der Waals surface area contributed by atoms with Crippen molar-refractivity contribution >= 4 is 28.8 Å². The maximum Gasteiger partial charge on any atom is 0.417 e. The third kappa shape index (κ3) is 3.57. The monoisotopic (exact) mass is 307 g/mol. The van der Waals surface area contributed by atoms with Gasteiger partial charge in [-0.15, -0.1) is 11.3 Å². The van der Waals surface area contributed by atoms with Crippen molar-refractivity contribution < 1.29 is 13.2 Å². The molecule has 19 heavy (non-hydrogen) atoms. The Bertz CT molecular complexity index is 583. The van der Waals surface area contributed by atoms with Crippen molar-refractivity contribution in [2.45, 2.75) is 19.6 Å². The van der Waals surface area contributed by atoms with Crippen LogP contribution in [0.15, 0.2) is 17.6 Å². The van der Waals surface area contributed by atoms with Crippen LogP contribution in [0.25, 0.3) is 0 Å². The first-order chi connectivity index (χ1) is 8.86. The quantitative estimate of drug-likeness (QED) is 0.926.